The summed E-state index contributed by atoms with van der Waals surface area (Å²) in [7, 11) is 0. The SMILES string of the molecule is CCN(Cc1ccccc1)c1nc(C)cc(C(=O)Nc2ccc(Cl)cc2C)n1. The van der Waals surface area contributed by atoms with Crippen molar-refractivity contribution >= 4 is 29.1 Å². The molecule has 0 fully saturated rings. The molecular formula is C22H23ClN4O. The molecule has 6 heteroatoms. The number of hydrogen-bond donors (Lipinski definition) is 1. The zero-order valence-electron chi connectivity index (χ0n) is 16.2. The van der Waals surface area contributed by atoms with Crippen LogP contribution in [-0.2, 0) is 6.54 Å². The van der Waals surface area contributed by atoms with Gasteiger partial charge in [0.2, 0.25) is 5.95 Å². The van der Waals surface area contributed by atoms with Gasteiger partial charge in [0.1, 0.15) is 5.69 Å². The van der Waals surface area contributed by atoms with Gasteiger partial charge in [0.25, 0.3) is 5.91 Å². The summed E-state index contributed by atoms with van der Waals surface area (Å²) in [5, 5.41) is 3.54. The van der Waals surface area contributed by atoms with Crippen LogP contribution in [0.3, 0.4) is 0 Å². The van der Waals surface area contributed by atoms with E-state index in [1.807, 2.05) is 49.9 Å². The van der Waals surface area contributed by atoms with Gasteiger partial charge in [-0.25, -0.2) is 9.97 Å². The van der Waals surface area contributed by atoms with Crippen molar-refractivity contribution < 1.29 is 4.79 Å². The second-order valence-corrected chi connectivity index (χ2v) is 7.04. The van der Waals surface area contributed by atoms with Gasteiger partial charge in [0, 0.05) is 29.5 Å². The summed E-state index contributed by atoms with van der Waals surface area (Å²) in [6.45, 7) is 7.22. The number of aromatic nitrogens is 2. The minimum Gasteiger partial charge on any atom is -0.337 e. The van der Waals surface area contributed by atoms with Gasteiger partial charge in [-0.15, -0.1) is 0 Å². The molecule has 0 aliphatic heterocycles. The summed E-state index contributed by atoms with van der Waals surface area (Å²) in [5.74, 6) is 0.275. The van der Waals surface area contributed by atoms with E-state index < -0.39 is 0 Å². The van der Waals surface area contributed by atoms with Gasteiger partial charge < -0.3 is 10.2 Å². The maximum absolute atomic E-state index is 12.8. The molecule has 0 atom stereocenters. The number of nitrogens with zero attached hydrogens (tertiary/aromatic N) is 3. The molecule has 28 heavy (non-hydrogen) atoms. The molecule has 144 valence electrons. The molecule has 1 aromatic heterocycles. The number of amides is 1. The molecule has 1 N–H and O–H groups in total. The highest BCUT2D eigenvalue weighted by Crippen LogP contribution is 2.21. The van der Waals surface area contributed by atoms with E-state index in [4.69, 9.17) is 11.6 Å². The largest absolute Gasteiger partial charge is 0.337 e. The molecule has 0 spiro atoms. The number of hydrogen-bond acceptors (Lipinski definition) is 4. The van der Waals surface area contributed by atoms with Gasteiger partial charge in [-0.3, -0.25) is 4.79 Å². The van der Waals surface area contributed by atoms with Crippen molar-refractivity contribution in [1.82, 2.24) is 9.97 Å². The molecule has 0 saturated heterocycles. The van der Waals surface area contributed by atoms with Crippen LogP contribution in [-0.4, -0.2) is 22.4 Å². The van der Waals surface area contributed by atoms with Crippen molar-refractivity contribution in [2.45, 2.75) is 27.3 Å². The monoisotopic (exact) mass is 394 g/mol. The smallest absolute Gasteiger partial charge is 0.274 e. The lowest BCUT2D eigenvalue weighted by Gasteiger charge is -2.21. The Kier molecular flexibility index (Phi) is 6.26. The minimum absolute atomic E-state index is 0.270. The Labute approximate surface area is 170 Å². The Bertz CT molecular complexity index is 976. The lowest BCUT2D eigenvalue weighted by atomic mass is 10.2. The van der Waals surface area contributed by atoms with Crippen LogP contribution in [0.2, 0.25) is 5.02 Å². The van der Waals surface area contributed by atoms with Crippen LogP contribution < -0.4 is 10.2 Å². The summed E-state index contributed by atoms with van der Waals surface area (Å²) in [6, 6.07) is 17.2. The third-order valence-electron chi connectivity index (χ3n) is 4.39. The van der Waals surface area contributed by atoms with E-state index in [1.54, 1.807) is 18.2 Å². The fraction of sp³-hybridized carbons (Fsp3) is 0.227. The van der Waals surface area contributed by atoms with E-state index in [2.05, 4.69) is 27.4 Å². The van der Waals surface area contributed by atoms with Gasteiger partial charge in [0.15, 0.2) is 0 Å². The predicted molar refractivity (Wildman–Crippen MR) is 114 cm³/mol. The van der Waals surface area contributed by atoms with E-state index in [0.717, 1.165) is 23.4 Å². The summed E-state index contributed by atoms with van der Waals surface area (Å²) >= 11 is 5.99. The number of carbonyl (C=O) groups excluding carboxylic acids is 1. The Morgan fingerprint density at radius 3 is 2.50 bits per heavy atom. The van der Waals surface area contributed by atoms with E-state index in [9.17, 15) is 4.79 Å². The van der Waals surface area contributed by atoms with Crippen LogP contribution in [0.5, 0.6) is 0 Å². The first-order valence-corrected chi connectivity index (χ1v) is 9.56. The van der Waals surface area contributed by atoms with Gasteiger partial charge in [0.05, 0.1) is 0 Å². The molecular weight excluding hydrogens is 372 g/mol. The molecule has 0 radical (unpaired) electrons. The maximum atomic E-state index is 12.8. The van der Waals surface area contributed by atoms with Crippen molar-refractivity contribution in [1.29, 1.82) is 0 Å². The predicted octanol–water partition coefficient (Wildman–Crippen LogP) is 5.03. The van der Waals surface area contributed by atoms with Crippen molar-refractivity contribution in [2.24, 2.45) is 0 Å². The summed E-state index contributed by atoms with van der Waals surface area (Å²) in [4.78, 5) is 23.9. The first-order chi connectivity index (χ1) is 13.5. The highest BCUT2D eigenvalue weighted by molar-refractivity contribution is 6.30. The zero-order chi connectivity index (χ0) is 20.1. The quantitative estimate of drug-likeness (QED) is 0.637. The van der Waals surface area contributed by atoms with E-state index >= 15 is 0 Å². The van der Waals surface area contributed by atoms with Gasteiger partial charge in [-0.05, 0) is 56.2 Å². The molecule has 1 amide bonds. The molecule has 0 saturated carbocycles. The normalized spacial score (nSPS) is 10.6. The van der Waals surface area contributed by atoms with Crippen LogP contribution in [0, 0.1) is 13.8 Å². The number of anilines is 2. The lowest BCUT2D eigenvalue weighted by molar-refractivity contribution is 0.102. The molecule has 0 aliphatic rings. The molecule has 0 bridgehead atoms. The Morgan fingerprint density at radius 1 is 1.07 bits per heavy atom. The summed E-state index contributed by atoms with van der Waals surface area (Å²) in [5.41, 5.74) is 3.85. The summed E-state index contributed by atoms with van der Waals surface area (Å²) in [6.07, 6.45) is 0. The second-order valence-electron chi connectivity index (χ2n) is 6.61. The van der Waals surface area contributed by atoms with Crippen LogP contribution in [0.1, 0.15) is 34.2 Å². The standard InChI is InChI=1S/C22H23ClN4O/c1-4-27(14-17-8-6-5-7-9-17)22-24-16(3)13-20(26-22)21(28)25-19-11-10-18(23)12-15(19)2/h5-13H,4,14H2,1-3H3,(H,25,28). The molecule has 2 aromatic carbocycles. The first-order valence-electron chi connectivity index (χ1n) is 9.18. The topological polar surface area (TPSA) is 58.1 Å². The molecule has 0 unspecified atom stereocenters. The zero-order valence-corrected chi connectivity index (χ0v) is 17.0. The molecule has 5 nitrogen and oxygen atoms in total. The summed E-state index contributed by atoms with van der Waals surface area (Å²) < 4.78 is 0. The maximum Gasteiger partial charge on any atom is 0.274 e. The first kappa shape index (κ1) is 19.8. The highest BCUT2D eigenvalue weighted by atomic mass is 35.5. The van der Waals surface area contributed by atoms with Gasteiger partial charge in [-0.2, -0.15) is 0 Å². The third kappa shape index (κ3) is 4.87. The number of rotatable bonds is 6. The number of carbonyl (C=O) groups is 1. The van der Waals surface area contributed by atoms with Crippen molar-refractivity contribution in [2.75, 3.05) is 16.8 Å². The van der Waals surface area contributed by atoms with Crippen LogP contribution in [0.25, 0.3) is 0 Å². The second kappa shape index (κ2) is 8.85. The van der Waals surface area contributed by atoms with Crippen molar-refractivity contribution in [3.63, 3.8) is 0 Å². The fourth-order valence-corrected chi connectivity index (χ4v) is 3.12. The Balaban J connectivity index is 1.84. The van der Waals surface area contributed by atoms with Crippen LogP contribution in [0.15, 0.2) is 54.6 Å². The van der Waals surface area contributed by atoms with E-state index in [-0.39, 0.29) is 5.91 Å². The Morgan fingerprint density at radius 2 is 1.82 bits per heavy atom. The van der Waals surface area contributed by atoms with Crippen LogP contribution in [0.4, 0.5) is 11.6 Å². The third-order valence-corrected chi connectivity index (χ3v) is 4.63. The number of halogens is 1. The van der Waals surface area contributed by atoms with Gasteiger partial charge in [-0.1, -0.05) is 41.9 Å². The van der Waals surface area contributed by atoms with Gasteiger partial charge >= 0.3 is 0 Å². The minimum atomic E-state index is -0.270. The molecule has 3 aromatic rings. The highest BCUT2D eigenvalue weighted by Gasteiger charge is 2.15. The number of nitrogens with one attached hydrogen (secondary N) is 1. The molecule has 3 rings (SSSR count). The number of benzene rings is 2. The van der Waals surface area contributed by atoms with Crippen molar-refractivity contribution in [3.05, 3.63) is 82.1 Å². The Hall–Kier alpha value is -2.92. The van der Waals surface area contributed by atoms with E-state index in [0.29, 0.717) is 28.9 Å². The molecule has 1 heterocycles. The average Bonchev–Trinajstić information content (AvgIpc) is 2.68. The molecule has 0 aliphatic carbocycles. The van der Waals surface area contributed by atoms with E-state index in [1.165, 1.54) is 0 Å². The van der Waals surface area contributed by atoms with Crippen molar-refractivity contribution in [3.8, 4) is 0 Å². The lowest BCUT2D eigenvalue weighted by Crippen LogP contribution is -2.26. The average molecular weight is 395 g/mol. The van der Waals surface area contributed by atoms with Crippen LogP contribution >= 0.6 is 11.6 Å². The fourth-order valence-electron chi connectivity index (χ4n) is 2.89. The number of aryl methyl sites for hydroxylation is 2.